The van der Waals surface area contributed by atoms with Crippen LogP contribution in [-0.2, 0) is 6.42 Å². The fourth-order valence-electron chi connectivity index (χ4n) is 4.16. The second kappa shape index (κ2) is 7.37. The van der Waals surface area contributed by atoms with Crippen molar-refractivity contribution in [3.8, 4) is 11.5 Å². The summed E-state index contributed by atoms with van der Waals surface area (Å²) in [5, 5.41) is 8.35. The first-order valence-electron chi connectivity index (χ1n) is 10.2. The minimum atomic E-state index is -0.864. The molecule has 1 atom stereocenters. The largest absolute Gasteiger partial charge is 0.458 e. The van der Waals surface area contributed by atoms with Gasteiger partial charge in [-0.15, -0.1) is 10.2 Å². The third-order valence-electron chi connectivity index (χ3n) is 5.68. The van der Waals surface area contributed by atoms with Crippen molar-refractivity contribution >= 4 is 16.9 Å². The summed E-state index contributed by atoms with van der Waals surface area (Å²) < 4.78 is 39.7. The van der Waals surface area contributed by atoms with Crippen molar-refractivity contribution in [1.82, 2.24) is 25.1 Å². The summed E-state index contributed by atoms with van der Waals surface area (Å²) in [6.07, 6.45) is 2.10. The van der Waals surface area contributed by atoms with Gasteiger partial charge in [-0.3, -0.25) is 4.79 Å². The number of H-pyrrole nitrogens is 1. The molecular formula is C23H15F2N5O3. The number of nitrogens with zero attached hydrogens (tertiary/aromatic N) is 4. The van der Waals surface area contributed by atoms with E-state index in [2.05, 4.69) is 20.2 Å². The molecule has 33 heavy (non-hydrogen) atoms. The second-order valence-electron chi connectivity index (χ2n) is 7.61. The van der Waals surface area contributed by atoms with Crippen LogP contribution in [-0.4, -0.2) is 37.5 Å². The number of furan rings is 1. The molecule has 10 heteroatoms. The van der Waals surface area contributed by atoms with Gasteiger partial charge in [0.15, 0.2) is 0 Å². The van der Waals surface area contributed by atoms with Gasteiger partial charge in [0.25, 0.3) is 5.89 Å². The number of aromatic amines is 1. The minimum absolute atomic E-state index is 0.321. The number of carbonyl (C=O) groups is 1. The molecule has 6 rings (SSSR count). The number of nitrogens with one attached hydrogen (secondary N) is 1. The standard InChI is InChI=1S/C23H15F2N5O3/c24-13-5-3-6-14(25)18(13)21-28-29-22(33-21)23(31)30-9-8-15-19(27-11-26-15)20(30)17-10-12-4-1-2-7-16(12)32-17/h1-7,10-11,20H,8-9H2,(H,26,27)/t20-/m1/s1. The first-order valence-corrected chi connectivity index (χ1v) is 10.2. The molecule has 1 amide bonds. The van der Waals surface area contributed by atoms with E-state index in [0.29, 0.717) is 30.0 Å². The number of hydrogen-bond donors (Lipinski definition) is 1. The van der Waals surface area contributed by atoms with Crippen molar-refractivity contribution in [3.05, 3.63) is 89.5 Å². The van der Waals surface area contributed by atoms with Gasteiger partial charge in [-0.2, -0.15) is 0 Å². The van der Waals surface area contributed by atoms with Gasteiger partial charge in [0, 0.05) is 24.0 Å². The van der Waals surface area contributed by atoms with E-state index in [-0.39, 0.29) is 5.89 Å². The highest BCUT2D eigenvalue weighted by Crippen LogP contribution is 2.37. The number of carbonyl (C=O) groups excluding carboxylic acids is 1. The van der Waals surface area contributed by atoms with Crippen LogP contribution in [0.3, 0.4) is 0 Å². The maximum Gasteiger partial charge on any atom is 0.312 e. The summed E-state index contributed by atoms with van der Waals surface area (Å²) in [7, 11) is 0. The van der Waals surface area contributed by atoms with Gasteiger partial charge in [0.2, 0.25) is 0 Å². The van der Waals surface area contributed by atoms with E-state index in [4.69, 9.17) is 8.83 Å². The van der Waals surface area contributed by atoms with Crippen LogP contribution in [0.5, 0.6) is 0 Å². The molecule has 8 nitrogen and oxygen atoms in total. The van der Waals surface area contributed by atoms with Crippen molar-refractivity contribution in [2.24, 2.45) is 0 Å². The third-order valence-corrected chi connectivity index (χ3v) is 5.68. The molecule has 4 heterocycles. The highest BCUT2D eigenvalue weighted by atomic mass is 19.1. The molecule has 0 radical (unpaired) electrons. The molecule has 0 saturated carbocycles. The number of rotatable bonds is 3. The Labute approximate surface area is 184 Å². The van der Waals surface area contributed by atoms with Crippen LogP contribution in [0.4, 0.5) is 8.78 Å². The van der Waals surface area contributed by atoms with Crippen molar-refractivity contribution in [1.29, 1.82) is 0 Å². The number of fused-ring (bicyclic) bond motifs is 2. The number of imidazole rings is 1. The van der Waals surface area contributed by atoms with Gasteiger partial charge < -0.3 is 18.7 Å². The Morgan fingerprint density at radius 2 is 1.88 bits per heavy atom. The average molecular weight is 447 g/mol. The van der Waals surface area contributed by atoms with Gasteiger partial charge in [0.1, 0.15) is 34.6 Å². The molecule has 2 aromatic carbocycles. The van der Waals surface area contributed by atoms with E-state index in [1.54, 1.807) is 6.33 Å². The van der Waals surface area contributed by atoms with Gasteiger partial charge in [-0.05, 0) is 24.3 Å². The normalized spacial score (nSPS) is 15.7. The predicted octanol–water partition coefficient (Wildman–Crippen LogP) is 4.27. The van der Waals surface area contributed by atoms with E-state index in [0.717, 1.165) is 23.2 Å². The molecule has 0 saturated heterocycles. The number of hydrogen-bond acceptors (Lipinski definition) is 6. The molecular weight excluding hydrogens is 432 g/mol. The maximum atomic E-state index is 14.1. The summed E-state index contributed by atoms with van der Waals surface area (Å²) in [5.74, 6) is -2.59. The molecule has 0 fully saturated rings. The molecule has 1 aliphatic heterocycles. The SMILES string of the molecule is O=C(c1nnc(-c2c(F)cccc2F)o1)N1CCc2[nH]cnc2[C@H]1c1cc2ccccc2o1. The summed E-state index contributed by atoms with van der Waals surface area (Å²) in [6.45, 7) is 0.321. The molecule has 0 unspecified atom stereocenters. The molecule has 3 aromatic heterocycles. The highest BCUT2D eigenvalue weighted by molar-refractivity contribution is 5.90. The van der Waals surface area contributed by atoms with E-state index < -0.39 is 35.0 Å². The first kappa shape index (κ1) is 19.4. The van der Waals surface area contributed by atoms with Crippen LogP contribution >= 0.6 is 0 Å². The van der Waals surface area contributed by atoms with Crippen LogP contribution in [0, 0.1) is 11.6 Å². The molecule has 1 N–H and O–H groups in total. The Kier molecular flexibility index (Phi) is 4.32. The topological polar surface area (TPSA) is 101 Å². The molecule has 1 aliphatic rings. The zero-order chi connectivity index (χ0) is 22.5. The fourth-order valence-corrected chi connectivity index (χ4v) is 4.16. The lowest BCUT2D eigenvalue weighted by Gasteiger charge is -2.32. The van der Waals surface area contributed by atoms with Crippen LogP contribution in [0.15, 0.2) is 63.7 Å². The second-order valence-corrected chi connectivity index (χ2v) is 7.61. The van der Waals surface area contributed by atoms with Crippen LogP contribution in [0.1, 0.15) is 33.9 Å². The molecule has 5 aromatic rings. The average Bonchev–Trinajstić information content (AvgIpc) is 3.56. The number of para-hydroxylation sites is 1. The smallest absolute Gasteiger partial charge is 0.312 e. The van der Waals surface area contributed by atoms with Gasteiger partial charge in [-0.25, -0.2) is 13.8 Å². The summed E-state index contributed by atoms with van der Waals surface area (Å²) in [4.78, 5) is 22.4. The monoisotopic (exact) mass is 447 g/mol. The Balaban J connectivity index is 1.41. The Morgan fingerprint density at radius 1 is 1.06 bits per heavy atom. The number of halogens is 2. The lowest BCUT2D eigenvalue weighted by atomic mass is 10.00. The third kappa shape index (κ3) is 3.10. The zero-order valence-electron chi connectivity index (χ0n) is 17.0. The maximum absolute atomic E-state index is 14.1. The molecule has 0 bridgehead atoms. The summed E-state index contributed by atoms with van der Waals surface area (Å²) in [6, 6.07) is 12.1. The Hall–Kier alpha value is -4.34. The molecule has 0 aliphatic carbocycles. The molecule has 164 valence electrons. The number of aromatic nitrogens is 4. The Morgan fingerprint density at radius 3 is 2.70 bits per heavy atom. The van der Waals surface area contributed by atoms with E-state index in [1.807, 2.05) is 30.3 Å². The Bertz CT molecular complexity index is 1450. The van der Waals surface area contributed by atoms with Gasteiger partial charge in [0.05, 0.1) is 12.0 Å². The van der Waals surface area contributed by atoms with E-state index >= 15 is 0 Å². The quantitative estimate of drug-likeness (QED) is 0.443. The number of benzene rings is 2. The highest BCUT2D eigenvalue weighted by Gasteiger charge is 2.38. The van der Waals surface area contributed by atoms with Crippen molar-refractivity contribution in [2.75, 3.05) is 6.54 Å². The molecule has 0 spiro atoms. The van der Waals surface area contributed by atoms with Crippen molar-refractivity contribution in [2.45, 2.75) is 12.5 Å². The zero-order valence-corrected chi connectivity index (χ0v) is 17.0. The van der Waals surface area contributed by atoms with E-state index in [9.17, 15) is 13.6 Å². The lowest BCUT2D eigenvalue weighted by molar-refractivity contribution is 0.0632. The first-order chi connectivity index (χ1) is 16.1. The van der Waals surface area contributed by atoms with Gasteiger partial charge in [-0.1, -0.05) is 24.3 Å². The predicted molar refractivity (Wildman–Crippen MR) is 111 cm³/mol. The fraction of sp³-hybridized carbons (Fsp3) is 0.130. The van der Waals surface area contributed by atoms with E-state index in [1.165, 1.54) is 11.0 Å². The van der Waals surface area contributed by atoms with Crippen molar-refractivity contribution < 1.29 is 22.4 Å². The van der Waals surface area contributed by atoms with Crippen LogP contribution in [0.2, 0.25) is 0 Å². The minimum Gasteiger partial charge on any atom is -0.458 e. The van der Waals surface area contributed by atoms with Gasteiger partial charge >= 0.3 is 11.8 Å². The number of amides is 1. The summed E-state index contributed by atoms with van der Waals surface area (Å²) in [5.41, 5.74) is 1.74. The summed E-state index contributed by atoms with van der Waals surface area (Å²) >= 11 is 0. The lowest BCUT2D eigenvalue weighted by Crippen LogP contribution is -2.40. The van der Waals surface area contributed by atoms with Crippen LogP contribution < -0.4 is 0 Å². The van der Waals surface area contributed by atoms with Crippen molar-refractivity contribution in [3.63, 3.8) is 0 Å². The van der Waals surface area contributed by atoms with Crippen LogP contribution in [0.25, 0.3) is 22.4 Å².